The first-order chi connectivity index (χ1) is 16.3. The Morgan fingerprint density at radius 1 is 1.00 bits per heavy atom. The minimum absolute atomic E-state index is 0.0171. The molecule has 0 aliphatic rings. The Labute approximate surface area is 199 Å². The summed E-state index contributed by atoms with van der Waals surface area (Å²) in [5.74, 6) is 0.142. The highest BCUT2D eigenvalue weighted by atomic mass is 32.2. The van der Waals surface area contributed by atoms with Crippen molar-refractivity contribution in [3.63, 3.8) is 0 Å². The van der Waals surface area contributed by atoms with Crippen molar-refractivity contribution in [1.29, 1.82) is 0 Å². The van der Waals surface area contributed by atoms with Crippen LogP contribution in [0.4, 0.5) is 0 Å². The van der Waals surface area contributed by atoms with Gasteiger partial charge in [-0.05, 0) is 48.7 Å². The van der Waals surface area contributed by atoms with E-state index in [0.717, 1.165) is 16.6 Å². The first kappa shape index (κ1) is 23.7. The van der Waals surface area contributed by atoms with Crippen molar-refractivity contribution in [3.05, 3.63) is 95.3 Å². The molecule has 8 heteroatoms. The van der Waals surface area contributed by atoms with Gasteiger partial charge in [-0.3, -0.25) is 0 Å². The minimum atomic E-state index is -3.57. The van der Waals surface area contributed by atoms with Crippen LogP contribution in [-0.4, -0.2) is 42.3 Å². The summed E-state index contributed by atoms with van der Waals surface area (Å²) in [6.45, 7) is 2.55. The summed E-state index contributed by atoms with van der Waals surface area (Å²) in [6.07, 6.45) is 0.628. The summed E-state index contributed by atoms with van der Waals surface area (Å²) in [7, 11) is -0.591. The number of carbonyl (C=O) groups excluding carboxylic acids is 1. The van der Waals surface area contributed by atoms with E-state index in [9.17, 15) is 13.2 Å². The van der Waals surface area contributed by atoms with E-state index in [1.807, 2.05) is 60.0 Å². The molecule has 0 aliphatic heterocycles. The number of hydrogen-bond donors (Lipinski definition) is 0. The summed E-state index contributed by atoms with van der Waals surface area (Å²) in [5, 5.41) is 0. The van der Waals surface area contributed by atoms with Gasteiger partial charge in [0, 0.05) is 20.6 Å². The van der Waals surface area contributed by atoms with Gasteiger partial charge >= 0.3 is 5.97 Å². The molecule has 7 nitrogen and oxygen atoms in total. The van der Waals surface area contributed by atoms with Crippen molar-refractivity contribution in [1.82, 2.24) is 13.9 Å². The average Bonchev–Trinajstić information content (AvgIpc) is 3.20. The highest BCUT2D eigenvalue weighted by molar-refractivity contribution is 7.89. The number of nitrogens with zero attached hydrogens (tertiary/aromatic N) is 3. The fourth-order valence-corrected chi connectivity index (χ4v) is 4.81. The molecule has 0 aliphatic carbocycles. The lowest BCUT2D eigenvalue weighted by Crippen LogP contribution is -2.22. The number of aryl methyl sites for hydroxylation is 1. The predicted octanol–water partition coefficient (Wildman–Crippen LogP) is 4.25. The maximum Gasteiger partial charge on any atom is 0.338 e. The van der Waals surface area contributed by atoms with E-state index in [0.29, 0.717) is 29.9 Å². The van der Waals surface area contributed by atoms with Crippen molar-refractivity contribution in [3.8, 4) is 0 Å². The van der Waals surface area contributed by atoms with Crippen molar-refractivity contribution < 1.29 is 17.9 Å². The van der Waals surface area contributed by atoms with E-state index in [1.165, 1.54) is 18.4 Å². The van der Waals surface area contributed by atoms with Crippen LogP contribution in [0.2, 0.25) is 0 Å². The van der Waals surface area contributed by atoms with Gasteiger partial charge in [-0.1, -0.05) is 48.5 Å². The molecule has 0 bridgehead atoms. The summed E-state index contributed by atoms with van der Waals surface area (Å²) < 4.78 is 33.7. The van der Waals surface area contributed by atoms with Crippen LogP contribution in [0.5, 0.6) is 0 Å². The molecule has 0 fully saturated rings. The second-order valence-electron chi connectivity index (χ2n) is 8.11. The number of imidazole rings is 1. The summed E-state index contributed by atoms with van der Waals surface area (Å²) in [6, 6.07) is 22.2. The molecule has 176 valence electrons. The quantitative estimate of drug-likeness (QED) is 0.354. The van der Waals surface area contributed by atoms with Gasteiger partial charge < -0.3 is 9.30 Å². The van der Waals surface area contributed by atoms with Gasteiger partial charge in [0.05, 0.1) is 21.5 Å². The number of sulfonamides is 1. The largest absolute Gasteiger partial charge is 0.454 e. The second kappa shape index (κ2) is 9.79. The van der Waals surface area contributed by atoms with Gasteiger partial charge in [-0.15, -0.1) is 0 Å². The van der Waals surface area contributed by atoms with Crippen LogP contribution in [0, 0.1) is 0 Å². The molecule has 0 amide bonds. The molecule has 0 saturated carbocycles. The molecule has 0 N–H and O–H groups in total. The molecule has 34 heavy (non-hydrogen) atoms. The molecule has 1 aromatic heterocycles. The molecular formula is C26H27N3O4S. The summed E-state index contributed by atoms with van der Waals surface area (Å²) in [5.41, 5.74) is 3.85. The number of fused-ring (bicyclic) bond motifs is 1. The molecule has 0 saturated heterocycles. The van der Waals surface area contributed by atoms with Gasteiger partial charge in [0.2, 0.25) is 10.0 Å². The third kappa shape index (κ3) is 4.73. The number of benzene rings is 3. The Bertz CT molecular complexity index is 1430. The van der Waals surface area contributed by atoms with Crippen LogP contribution < -0.4 is 0 Å². The minimum Gasteiger partial charge on any atom is -0.454 e. The van der Waals surface area contributed by atoms with Gasteiger partial charge in [0.1, 0.15) is 12.4 Å². The second-order valence-corrected chi connectivity index (χ2v) is 10.3. The normalized spacial score (nSPS) is 11.8. The summed E-state index contributed by atoms with van der Waals surface area (Å²) >= 11 is 0. The molecule has 4 rings (SSSR count). The third-order valence-electron chi connectivity index (χ3n) is 5.70. The van der Waals surface area contributed by atoms with Crippen LogP contribution in [0.1, 0.15) is 34.2 Å². The number of rotatable bonds is 8. The zero-order chi connectivity index (χ0) is 24.3. The van der Waals surface area contributed by atoms with Gasteiger partial charge in [0.25, 0.3) is 0 Å². The van der Waals surface area contributed by atoms with E-state index in [4.69, 9.17) is 4.74 Å². The zero-order valence-corrected chi connectivity index (χ0v) is 20.2. The molecule has 4 aromatic rings. The van der Waals surface area contributed by atoms with E-state index >= 15 is 0 Å². The lowest BCUT2D eigenvalue weighted by molar-refractivity contribution is 0.0457. The van der Waals surface area contributed by atoms with Crippen molar-refractivity contribution in [2.75, 3.05) is 14.1 Å². The standard InChI is InChI=1S/C26H27N3O4S/c1-4-29-24-15-14-21(34(31,32)28(2)3)17-23(24)27-25(29)18-33-26(30)22-13-9-8-12-20(22)16-19-10-6-5-7-11-19/h5-15,17H,4,16,18H2,1-3H3. The van der Waals surface area contributed by atoms with Crippen LogP contribution in [0.3, 0.4) is 0 Å². The van der Waals surface area contributed by atoms with Crippen LogP contribution in [0.15, 0.2) is 77.7 Å². The molecule has 3 aromatic carbocycles. The van der Waals surface area contributed by atoms with Crippen LogP contribution in [-0.2, 0) is 34.3 Å². The van der Waals surface area contributed by atoms with E-state index in [1.54, 1.807) is 24.3 Å². The number of hydrogen-bond acceptors (Lipinski definition) is 5. The van der Waals surface area contributed by atoms with Crippen LogP contribution >= 0.6 is 0 Å². The first-order valence-electron chi connectivity index (χ1n) is 11.0. The van der Waals surface area contributed by atoms with Crippen molar-refractivity contribution in [2.24, 2.45) is 0 Å². The Balaban J connectivity index is 1.57. The average molecular weight is 478 g/mol. The fraction of sp³-hybridized carbons (Fsp3) is 0.231. The smallest absolute Gasteiger partial charge is 0.338 e. The van der Waals surface area contributed by atoms with Gasteiger partial charge in [0.15, 0.2) is 0 Å². The number of esters is 1. The van der Waals surface area contributed by atoms with Crippen LogP contribution in [0.25, 0.3) is 11.0 Å². The molecule has 1 heterocycles. The van der Waals surface area contributed by atoms with Gasteiger partial charge in [-0.25, -0.2) is 22.5 Å². The highest BCUT2D eigenvalue weighted by Crippen LogP contribution is 2.23. The predicted molar refractivity (Wildman–Crippen MR) is 131 cm³/mol. The fourth-order valence-electron chi connectivity index (χ4n) is 3.89. The number of carbonyl (C=O) groups is 1. The Kier molecular flexibility index (Phi) is 6.81. The monoisotopic (exact) mass is 477 g/mol. The van der Waals surface area contributed by atoms with E-state index < -0.39 is 16.0 Å². The zero-order valence-electron chi connectivity index (χ0n) is 19.4. The van der Waals surface area contributed by atoms with Gasteiger partial charge in [-0.2, -0.15) is 0 Å². The molecule has 0 unspecified atom stereocenters. The Morgan fingerprint density at radius 3 is 2.41 bits per heavy atom. The highest BCUT2D eigenvalue weighted by Gasteiger charge is 2.20. The molecule has 0 spiro atoms. The lowest BCUT2D eigenvalue weighted by Gasteiger charge is -2.11. The third-order valence-corrected chi connectivity index (χ3v) is 7.51. The topological polar surface area (TPSA) is 81.5 Å². The van der Waals surface area contributed by atoms with E-state index in [-0.39, 0.29) is 11.5 Å². The summed E-state index contributed by atoms with van der Waals surface area (Å²) in [4.78, 5) is 17.7. The molecule has 0 radical (unpaired) electrons. The van der Waals surface area contributed by atoms with Crippen molar-refractivity contribution >= 4 is 27.0 Å². The maximum atomic E-state index is 13.0. The maximum absolute atomic E-state index is 13.0. The molecule has 0 atom stereocenters. The number of ether oxygens (including phenoxy) is 1. The Morgan fingerprint density at radius 2 is 1.71 bits per heavy atom. The Hall–Kier alpha value is -3.49. The van der Waals surface area contributed by atoms with E-state index in [2.05, 4.69) is 4.98 Å². The van der Waals surface area contributed by atoms with Crippen molar-refractivity contribution in [2.45, 2.75) is 31.4 Å². The number of aromatic nitrogens is 2. The lowest BCUT2D eigenvalue weighted by atomic mass is 10.00. The first-order valence-corrected chi connectivity index (χ1v) is 12.5. The molecular weight excluding hydrogens is 450 g/mol. The SMILES string of the molecule is CCn1c(COC(=O)c2ccccc2Cc2ccccc2)nc2cc(S(=O)(=O)N(C)C)ccc21.